The lowest BCUT2D eigenvalue weighted by molar-refractivity contribution is -0.112. The van der Waals surface area contributed by atoms with Crippen LogP contribution >= 0.6 is 0 Å². The van der Waals surface area contributed by atoms with Gasteiger partial charge < -0.3 is 20.6 Å². The first-order valence-corrected chi connectivity index (χ1v) is 6.29. The smallest absolute Gasteiger partial charge is 0.407 e. The molecule has 1 saturated heterocycles. The summed E-state index contributed by atoms with van der Waals surface area (Å²) in [7, 11) is 0. The van der Waals surface area contributed by atoms with Crippen LogP contribution in [0.3, 0.4) is 0 Å². The van der Waals surface area contributed by atoms with Crippen molar-refractivity contribution in [3.05, 3.63) is 0 Å². The number of fused-ring (bicyclic) bond motifs is 1. The molecule has 2 heterocycles. The van der Waals surface area contributed by atoms with E-state index >= 15 is 0 Å². The van der Waals surface area contributed by atoms with Crippen molar-refractivity contribution in [2.24, 2.45) is 16.8 Å². The van der Waals surface area contributed by atoms with Gasteiger partial charge in [0.25, 0.3) is 5.91 Å². The average Bonchev–Trinajstić information content (AvgIpc) is 2.67. The van der Waals surface area contributed by atoms with Gasteiger partial charge in [-0.25, -0.2) is 4.79 Å². The number of carboxylic acid groups (broad SMARTS) is 1. The van der Waals surface area contributed by atoms with Crippen molar-refractivity contribution in [2.45, 2.75) is 20.0 Å². The highest BCUT2D eigenvalue weighted by atomic mass is 16.4. The Balaban J connectivity index is 2.18. The quantitative estimate of drug-likeness (QED) is 0.710. The van der Waals surface area contributed by atoms with Crippen molar-refractivity contribution in [1.82, 2.24) is 14.8 Å². The minimum atomic E-state index is -0.948. The molecule has 0 aromatic rings. The first kappa shape index (κ1) is 13.4. The van der Waals surface area contributed by atoms with E-state index in [-0.39, 0.29) is 12.0 Å². The Morgan fingerprint density at radius 3 is 2.68 bits per heavy atom. The third-order valence-electron chi connectivity index (χ3n) is 3.24. The van der Waals surface area contributed by atoms with Gasteiger partial charge in [0.1, 0.15) is 6.17 Å². The molecule has 1 unspecified atom stereocenters. The van der Waals surface area contributed by atoms with Gasteiger partial charge in [-0.1, -0.05) is 13.8 Å². The molecule has 2 aliphatic heterocycles. The Labute approximate surface area is 111 Å². The van der Waals surface area contributed by atoms with E-state index in [0.717, 1.165) is 0 Å². The van der Waals surface area contributed by atoms with Crippen LogP contribution in [0, 0.1) is 5.92 Å². The fraction of sp³-hybridized carbons (Fsp3) is 0.727. The van der Waals surface area contributed by atoms with Crippen molar-refractivity contribution in [1.29, 1.82) is 0 Å². The summed E-state index contributed by atoms with van der Waals surface area (Å²) in [5.74, 6) is 0.0220. The molecule has 19 heavy (non-hydrogen) atoms. The zero-order chi connectivity index (χ0) is 14.2. The van der Waals surface area contributed by atoms with Crippen LogP contribution in [0.25, 0.3) is 0 Å². The number of amides is 2. The number of piperazine rings is 1. The van der Waals surface area contributed by atoms with Gasteiger partial charge in [-0.05, 0) is 5.92 Å². The maximum absolute atomic E-state index is 11.4. The van der Waals surface area contributed by atoms with E-state index in [0.29, 0.717) is 32.1 Å². The van der Waals surface area contributed by atoms with Gasteiger partial charge in [-0.15, -0.1) is 0 Å². The molecule has 8 nitrogen and oxygen atoms in total. The Kier molecular flexibility index (Phi) is 3.50. The third-order valence-corrected chi connectivity index (χ3v) is 3.24. The second-order valence-electron chi connectivity index (χ2n) is 5.21. The number of nitrogens with zero attached hydrogens (tertiary/aromatic N) is 4. The molecule has 3 N–H and O–H groups in total. The summed E-state index contributed by atoms with van der Waals surface area (Å²) in [6, 6.07) is 0. The van der Waals surface area contributed by atoms with Crippen LogP contribution in [-0.2, 0) is 4.79 Å². The number of amidine groups is 1. The van der Waals surface area contributed by atoms with Crippen LogP contribution < -0.4 is 5.73 Å². The topological polar surface area (TPSA) is 102 Å². The van der Waals surface area contributed by atoms with E-state index in [2.05, 4.69) is 5.10 Å². The number of nitrogens with two attached hydrogens (primary N) is 1. The highest BCUT2D eigenvalue weighted by molar-refractivity contribution is 6.37. The van der Waals surface area contributed by atoms with E-state index in [9.17, 15) is 9.59 Å². The monoisotopic (exact) mass is 269 g/mol. The summed E-state index contributed by atoms with van der Waals surface area (Å²) in [6.07, 6.45) is -1.17. The molecular formula is C11H19N5O3. The van der Waals surface area contributed by atoms with E-state index in [1.165, 1.54) is 4.90 Å². The Bertz CT molecular complexity index is 423. The molecule has 0 bridgehead atoms. The van der Waals surface area contributed by atoms with Crippen LogP contribution in [0.15, 0.2) is 5.10 Å². The zero-order valence-electron chi connectivity index (χ0n) is 11.1. The minimum Gasteiger partial charge on any atom is -0.465 e. The summed E-state index contributed by atoms with van der Waals surface area (Å²) in [6.45, 7) is 5.84. The predicted molar refractivity (Wildman–Crippen MR) is 68.3 cm³/mol. The van der Waals surface area contributed by atoms with Gasteiger partial charge in [0.2, 0.25) is 5.84 Å². The zero-order valence-corrected chi connectivity index (χ0v) is 11.1. The number of carbonyl (C=O) groups excluding carboxylic acids is 1. The molecule has 0 radical (unpaired) electrons. The van der Waals surface area contributed by atoms with E-state index in [1.807, 2.05) is 13.8 Å². The van der Waals surface area contributed by atoms with Crippen molar-refractivity contribution in [3.8, 4) is 0 Å². The third kappa shape index (κ3) is 2.56. The summed E-state index contributed by atoms with van der Waals surface area (Å²) in [5.41, 5.74) is 5.32. The van der Waals surface area contributed by atoms with Crippen molar-refractivity contribution < 1.29 is 14.7 Å². The predicted octanol–water partition coefficient (Wildman–Crippen LogP) is -0.621. The number of primary amides is 1. The van der Waals surface area contributed by atoms with Crippen LogP contribution in [0.5, 0.6) is 0 Å². The normalized spacial score (nSPS) is 22.6. The number of hydrazone groups is 1. The fourth-order valence-corrected chi connectivity index (χ4v) is 2.41. The maximum atomic E-state index is 11.4. The van der Waals surface area contributed by atoms with Gasteiger partial charge in [0, 0.05) is 19.6 Å². The second kappa shape index (κ2) is 4.94. The SMILES string of the molecule is CC(C)CN1N=C(C(N)=O)N2CCN(C(=O)O)CC12. The molecule has 1 fully saturated rings. The van der Waals surface area contributed by atoms with Crippen LogP contribution in [-0.4, -0.2) is 70.1 Å². The van der Waals surface area contributed by atoms with Crippen molar-refractivity contribution in [2.75, 3.05) is 26.2 Å². The molecule has 2 rings (SSSR count). The molecule has 2 amide bonds. The molecule has 0 aromatic carbocycles. The lowest BCUT2D eigenvalue weighted by Gasteiger charge is -2.40. The Morgan fingerprint density at radius 1 is 1.47 bits per heavy atom. The Hall–Kier alpha value is -1.99. The second-order valence-corrected chi connectivity index (χ2v) is 5.21. The van der Waals surface area contributed by atoms with Crippen LogP contribution in [0.4, 0.5) is 4.79 Å². The largest absolute Gasteiger partial charge is 0.465 e. The molecule has 0 spiro atoms. The minimum absolute atomic E-state index is 0.227. The number of rotatable bonds is 3. The standard InChI is InChI=1S/C11H19N5O3/c1-7(2)5-16-8-6-14(11(18)19)3-4-15(8)10(13-16)9(12)17/h7-8H,3-6H2,1-2H3,(H2,12,17)(H,18,19). The van der Waals surface area contributed by atoms with E-state index in [1.54, 1.807) is 9.91 Å². The lowest BCUT2D eigenvalue weighted by Crippen LogP contribution is -2.59. The van der Waals surface area contributed by atoms with Gasteiger partial charge in [0.15, 0.2) is 0 Å². The first-order valence-electron chi connectivity index (χ1n) is 6.29. The molecule has 0 saturated carbocycles. The van der Waals surface area contributed by atoms with Gasteiger partial charge in [-0.2, -0.15) is 5.10 Å². The molecule has 0 aliphatic carbocycles. The number of carbonyl (C=O) groups is 2. The van der Waals surface area contributed by atoms with Crippen molar-refractivity contribution in [3.63, 3.8) is 0 Å². The Morgan fingerprint density at radius 2 is 2.16 bits per heavy atom. The van der Waals surface area contributed by atoms with Crippen LogP contribution in [0.2, 0.25) is 0 Å². The summed E-state index contributed by atoms with van der Waals surface area (Å²) in [5, 5.41) is 15.1. The maximum Gasteiger partial charge on any atom is 0.407 e. The molecular weight excluding hydrogens is 250 g/mol. The van der Waals surface area contributed by atoms with Gasteiger partial charge >= 0.3 is 6.09 Å². The summed E-state index contributed by atoms with van der Waals surface area (Å²) >= 11 is 0. The number of hydrogen-bond donors (Lipinski definition) is 2. The number of hydrogen-bond acceptors (Lipinski definition) is 5. The molecule has 0 aromatic heterocycles. The highest BCUT2D eigenvalue weighted by Gasteiger charge is 2.41. The fourth-order valence-electron chi connectivity index (χ4n) is 2.41. The lowest BCUT2D eigenvalue weighted by atomic mass is 10.2. The van der Waals surface area contributed by atoms with E-state index < -0.39 is 12.0 Å². The molecule has 2 aliphatic rings. The average molecular weight is 269 g/mol. The summed E-state index contributed by atoms with van der Waals surface area (Å²) in [4.78, 5) is 25.6. The van der Waals surface area contributed by atoms with Crippen molar-refractivity contribution >= 4 is 17.8 Å². The molecule has 106 valence electrons. The first-order chi connectivity index (χ1) is 8.90. The molecule has 1 atom stereocenters. The van der Waals surface area contributed by atoms with Gasteiger partial charge in [-0.3, -0.25) is 9.80 Å². The highest BCUT2D eigenvalue weighted by Crippen LogP contribution is 2.22. The van der Waals surface area contributed by atoms with E-state index in [4.69, 9.17) is 10.8 Å². The molecule has 8 heteroatoms. The summed E-state index contributed by atoms with van der Waals surface area (Å²) < 4.78 is 0. The van der Waals surface area contributed by atoms with Gasteiger partial charge in [0.05, 0.1) is 6.54 Å². The van der Waals surface area contributed by atoms with Crippen LogP contribution in [0.1, 0.15) is 13.8 Å².